The van der Waals surface area contributed by atoms with Gasteiger partial charge in [-0.2, -0.15) is 9.64 Å². The number of hydrazine groups is 1. The van der Waals surface area contributed by atoms with E-state index in [2.05, 4.69) is 62.7 Å². The van der Waals surface area contributed by atoms with Crippen molar-refractivity contribution in [3.63, 3.8) is 0 Å². The first-order valence-electron chi connectivity index (χ1n) is 11.1. The van der Waals surface area contributed by atoms with E-state index in [0.717, 1.165) is 43.7 Å². The molecule has 0 radical (unpaired) electrons. The smallest absolute Gasteiger partial charge is 0.226 e. The first-order valence-corrected chi connectivity index (χ1v) is 11.9. The number of benzene rings is 1. The zero-order chi connectivity index (χ0) is 23.1. The molecule has 3 rings (SSSR count). The molecule has 1 atom stereocenters. The predicted octanol–water partition coefficient (Wildman–Crippen LogP) is 4.30. The molecular formula is C24H32N6OS. The number of rotatable bonds is 9. The highest BCUT2D eigenvalue weighted by molar-refractivity contribution is 7.10. The molecule has 0 fully saturated rings. The number of anilines is 1. The topological polar surface area (TPSA) is 93.1 Å². The number of allylic oxidation sites excluding steroid dienone is 1. The molecule has 0 saturated heterocycles. The van der Waals surface area contributed by atoms with E-state index in [9.17, 15) is 10.1 Å². The van der Waals surface area contributed by atoms with Gasteiger partial charge in [-0.3, -0.25) is 15.1 Å². The number of nitrogens with zero attached hydrogens (tertiary/aromatic N) is 3. The molecule has 1 amide bonds. The van der Waals surface area contributed by atoms with Gasteiger partial charge >= 0.3 is 0 Å². The number of nitriles is 1. The summed E-state index contributed by atoms with van der Waals surface area (Å²) in [6.07, 6.45) is 2.55. The molecule has 1 aliphatic carbocycles. The number of nitrogens with one attached hydrogen (secondary N) is 3. The van der Waals surface area contributed by atoms with Gasteiger partial charge in [0.25, 0.3) is 0 Å². The van der Waals surface area contributed by atoms with Crippen LogP contribution in [-0.4, -0.2) is 27.8 Å². The van der Waals surface area contributed by atoms with Crippen LogP contribution in [-0.2, 0) is 11.3 Å². The van der Waals surface area contributed by atoms with Crippen molar-refractivity contribution < 1.29 is 4.79 Å². The van der Waals surface area contributed by atoms with E-state index < -0.39 is 0 Å². The van der Waals surface area contributed by atoms with Crippen molar-refractivity contribution >= 4 is 22.4 Å². The van der Waals surface area contributed by atoms with Crippen LogP contribution in [0.4, 0.5) is 5.00 Å². The Kier molecular flexibility index (Phi) is 8.26. The van der Waals surface area contributed by atoms with Crippen LogP contribution in [0, 0.1) is 24.2 Å². The Balaban J connectivity index is 1.77. The Morgan fingerprint density at radius 1 is 1.28 bits per heavy atom. The van der Waals surface area contributed by atoms with Gasteiger partial charge in [0.05, 0.1) is 11.4 Å². The van der Waals surface area contributed by atoms with Crippen LogP contribution >= 0.6 is 11.5 Å². The van der Waals surface area contributed by atoms with Crippen molar-refractivity contribution in [1.29, 1.82) is 5.26 Å². The summed E-state index contributed by atoms with van der Waals surface area (Å²) in [7, 11) is 0. The highest BCUT2D eigenvalue weighted by Crippen LogP contribution is 2.28. The summed E-state index contributed by atoms with van der Waals surface area (Å²) in [4.78, 5) is 15.0. The number of aryl methyl sites for hydroxylation is 1. The predicted molar refractivity (Wildman–Crippen MR) is 128 cm³/mol. The molecule has 1 aromatic carbocycles. The highest BCUT2D eigenvalue weighted by atomic mass is 32.1. The fourth-order valence-corrected chi connectivity index (χ4v) is 4.53. The minimum Gasteiger partial charge on any atom is -0.328 e. The molecule has 3 N–H and O–H groups in total. The number of carbonyl (C=O) groups excluding carboxylic acids is 1. The summed E-state index contributed by atoms with van der Waals surface area (Å²) < 4.78 is 4.25. The summed E-state index contributed by atoms with van der Waals surface area (Å²) in [5, 5.41) is 13.2. The maximum atomic E-state index is 12.5. The van der Waals surface area contributed by atoms with Crippen LogP contribution < -0.4 is 16.2 Å². The van der Waals surface area contributed by atoms with Crippen LogP contribution in [0.3, 0.4) is 0 Å². The highest BCUT2D eigenvalue weighted by Gasteiger charge is 2.27. The second kappa shape index (κ2) is 11.1. The van der Waals surface area contributed by atoms with E-state index in [-0.39, 0.29) is 11.8 Å². The lowest BCUT2D eigenvalue weighted by Crippen LogP contribution is -2.42. The second-order valence-electron chi connectivity index (χ2n) is 8.38. The van der Waals surface area contributed by atoms with Crippen molar-refractivity contribution in [2.45, 2.75) is 59.5 Å². The second-order valence-corrected chi connectivity index (χ2v) is 9.15. The maximum Gasteiger partial charge on any atom is 0.226 e. The van der Waals surface area contributed by atoms with E-state index in [0.29, 0.717) is 22.3 Å². The number of carbonyl (C=O) groups is 1. The molecule has 0 bridgehead atoms. The summed E-state index contributed by atoms with van der Waals surface area (Å²) in [5.41, 5.74) is 10.8. The molecular weight excluding hydrogens is 420 g/mol. The van der Waals surface area contributed by atoms with Crippen LogP contribution in [0.5, 0.6) is 0 Å². The van der Waals surface area contributed by atoms with Crippen LogP contribution in [0.15, 0.2) is 41.7 Å². The molecule has 8 heteroatoms. The van der Waals surface area contributed by atoms with Gasteiger partial charge in [-0.05, 0) is 43.4 Å². The Labute approximate surface area is 194 Å². The molecule has 32 heavy (non-hydrogen) atoms. The van der Waals surface area contributed by atoms with Crippen molar-refractivity contribution in [1.82, 2.24) is 20.0 Å². The molecule has 1 heterocycles. The normalized spacial score (nSPS) is 16.2. The van der Waals surface area contributed by atoms with E-state index in [1.165, 1.54) is 17.1 Å². The standard InChI is InChI=1S/C24H32N6OS/c1-5-30(15-18-9-7-6-8-10-18)19-11-12-21(22(13-19)26-23(31)16(2)3)27-28-24-20(14-25)17(4)29-32-24/h6-10,16,19,27-28H,5,11-13,15H2,1-4H3,(H,26,31). The number of amides is 1. The average Bonchev–Trinajstić information content (AvgIpc) is 3.16. The van der Waals surface area contributed by atoms with E-state index >= 15 is 0 Å². The first kappa shape index (κ1) is 23.8. The van der Waals surface area contributed by atoms with Crippen molar-refractivity contribution in [3.05, 3.63) is 58.5 Å². The molecule has 0 spiro atoms. The fourth-order valence-electron chi connectivity index (χ4n) is 3.83. The lowest BCUT2D eigenvalue weighted by atomic mass is 9.94. The lowest BCUT2D eigenvalue weighted by molar-refractivity contribution is -0.123. The van der Waals surface area contributed by atoms with Gasteiger partial charge in [-0.15, -0.1) is 0 Å². The number of hydrogen-bond donors (Lipinski definition) is 3. The fraction of sp³-hybridized carbons (Fsp3) is 0.458. The van der Waals surface area contributed by atoms with Crippen molar-refractivity contribution in [2.75, 3.05) is 12.0 Å². The summed E-state index contributed by atoms with van der Waals surface area (Å²) in [6.45, 7) is 9.63. The zero-order valence-electron chi connectivity index (χ0n) is 19.2. The third-order valence-corrected chi connectivity index (χ3v) is 6.64. The quantitative estimate of drug-likeness (QED) is 0.491. The van der Waals surface area contributed by atoms with Gasteiger partial charge in [0.15, 0.2) is 0 Å². The largest absolute Gasteiger partial charge is 0.328 e. The Bertz CT molecular complexity index is 992. The lowest BCUT2D eigenvalue weighted by Gasteiger charge is -2.36. The van der Waals surface area contributed by atoms with Gasteiger partial charge in [-0.1, -0.05) is 51.1 Å². The molecule has 7 nitrogen and oxygen atoms in total. The van der Waals surface area contributed by atoms with Gasteiger partial charge in [0.2, 0.25) is 5.91 Å². The molecule has 1 aliphatic rings. The Hall–Kier alpha value is -2.89. The Morgan fingerprint density at radius 3 is 2.69 bits per heavy atom. The van der Waals surface area contributed by atoms with Crippen LogP contribution in [0.2, 0.25) is 0 Å². The monoisotopic (exact) mass is 452 g/mol. The SMILES string of the molecule is CCN(Cc1ccccc1)C1CCC(NNc2snc(C)c2C#N)=C(NC(=O)C(C)C)C1. The van der Waals surface area contributed by atoms with Gasteiger partial charge in [0, 0.05) is 30.6 Å². The van der Waals surface area contributed by atoms with Crippen LogP contribution in [0.1, 0.15) is 56.9 Å². The van der Waals surface area contributed by atoms with E-state index in [1.54, 1.807) is 0 Å². The molecule has 0 saturated carbocycles. The molecule has 0 aliphatic heterocycles. The molecule has 170 valence electrons. The number of hydrogen-bond acceptors (Lipinski definition) is 7. The summed E-state index contributed by atoms with van der Waals surface area (Å²) in [6, 6.07) is 13.0. The van der Waals surface area contributed by atoms with Crippen molar-refractivity contribution in [3.8, 4) is 6.07 Å². The van der Waals surface area contributed by atoms with E-state index in [4.69, 9.17) is 0 Å². The minimum absolute atomic E-state index is 0.0115. The third-order valence-electron chi connectivity index (χ3n) is 5.78. The van der Waals surface area contributed by atoms with Gasteiger partial charge in [0.1, 0.15) is 16.6 Å². The maximum absolute atomic E-state index is 12.5. The minimum atomic E-state index is -0.0991. The molecule has 1 aromatic heterocycles. The average molecular weight is 453 g/mol. The van der Waals surface area contributed by atoms with Gasteiger partial charge < -0.3 is 10.7 Å². The van der Waals surface area contributed by atoms with Crippen LogP contribution in [0.25, 0.3) is 0 Å². The zero-order valence-corrected chi connectivity index (χ0v) is 20.1. The Morgan fingerprint density at radius 2 is 2.03 bits per heavy atom. The molecule has 2 aromatic rings. The number of aromatic nitrogens is 1. The van der Waals surface area contributed by atoms with E-state index in [1.807, 2.05) is 26.8 Å². The molecule has 1 unspecified atom stereocenters. The van der Waals surface area contributed by atoms with Gasteiger partial charge in [-0.25, -0.2) is 0 Å². The summed E-state index contributed by atoms with van der Waals surface area (Å²) >= 11 is 1.26. The summed E-state index contributed by atoms with van der Waals surface area (Å²) in [5.74, 6) is -0.0876. The van der Waals surface area contributed by atoms with Crippen molar-refractivity contribution in [2.24, 2.45) is 5.92 Å². The third kappa shape index (κ3) is 5.87. The first-order chi connectivity index (χ1) is 15.4.